The molecule has 0 amide bonds. The fourth-order valence-electron chi connectivity index (χ4n) is 2.24. The summed E-state index contributed by atoms with van der Waals surface area (Å²) in [4.78, 5) is 2.13. The Morgan fingerprint density at radius 3 is 2.60 bits per heavy atom. The van der Waals surface area contributed by atoms with Gasteiger partial charge in [-0.25, -0.2) is 0 Å². The molecule has 90 valence electrons. The molecule has 0 radical (unpaired) electrons. The molecule has 0 aliphatic carbocycles. The lowest BCUT2D eigenvalue weighted by atomic mass is 10.1. The van der Waals surface area contributed by atoms with E-state index in [9.17, 15) is 8.78 Å². The Morgan fingerprint density at radius 2 is 2.13 bits per heavy atom. The molecule has 3 atom stereocenters. The second-order valence-electron chi connectivity index (χ2n) is 3.78. The van der Waals surface area contributed by atoms with Crippen LogP contribution < -0.4 is 0 Å². The standard InChI is InChI=1S/C10H19F2NO2/c1-4-13-6-5-8(15-10(11)12)9(13)7(2)14-3/h7-10H,4-6H2,1-3H3/t7-,8-,9+/m0/s1. The van der Waals surface area contributed by atoms with Crippen LogP contribution >= 0.6 is 0 Å². The first-order valence-corrected chi connectivity index (χ1v) is 5.30. The molecule has 1 heterocycles. The number of hydrogen-bond donors (Lipinski definition) is 0. The van der Waals surface area contributed by atoms with Crippen molar-refractivity contribution in [2.45, 2.75) is 45.1 Å². The van der Waals surface area contributed by atoms with Crippen LogP contribution in [0.2, 0.25) is 0 Å². The fraction of sp³-hybridized carbons (Fsp3) is 1.00. The van der Waals surface area contributed by atoms with Gasteiger partial charge in [-0.15, -0.1) is 0 Å². The second-order valence-corrected chi connectivity index (χ2v) is 3.78. The van der Waals surface area contributed by atoms with Gasteiger partial charge in [-0.05, 0) is 19.9 Å². The van der Waals surface area contributed by atoms with Gasteiger partial charge in [0.1, 0.15) is 0 Å². The third kappa shape index (κ3) is 3.09. The largest absolute Gasteiger partial charge is 0.380 e. The van der Waals surface area contributed by atoms with Crippen LogP contribution in [0.3, 0.4) is 0 Å². The molecule has 5 heteroatoms. The summed E-state index contributed by atoms with van der Waals surface area (Å²) >= 11 is 0. The predicted octanol–water partition coefficient (Wildman–Crippen LogP) is 1.72. The number of nitrogens with zero attached hydrogens (tertiary/aromatic N) is 1. The minimum absolute atomic E-state index is 0.0611. The number of methoxy groups -OCH3 is 1. The Kier molecular flexibility index (Phi) is 4.89. The van der Waals surface area contributed by atoms with Crippen LogP contribution in [0.5, 0.6) is 0 Å². The molecule has 15 heavy (non-hydrogen) atoms. The summed E-state index contributed by atoms with van der Waals surface area (Å²) in [7, 11) is 1.59. The summed E-state index contributed by atoms with van der Waals surface area (Å²) in [6.07, 6.45) is 0.146. The van der Waals surface area contributed by atoms with Crippen molar-refractivity contribution in [3.05, 3.63) is 0 Å². The molecule has 0 saturated carbocycles. The normalized spacial score (nSPS) is 30.0. The molecule has 1 saturated heterocycles. The topological polar surface area (TPSA) is 21.7 Å². The molecule has 3 nitrogen and oxygen atoms in total. The van der Waals surface area contributed by atoms with Gasteiger partial charge in [-0.1, -0.05) is 6.92 Å². The Hall–Kier alpha value is -0.260. The Bertz CT molecular complexity index is 192. The van der Waals surface area contributed by atoms with Gasteiger partial charge >= 0.3 is 6.61 Å². The molecular weight excluding hydrogens is 204 g/mol. The summed E-state index contributed by atoms with van der Waals surface area (Å²) < 4.78 is 34.2. The molecule has 0 aromatic rings. The molecule has 1 aliphatic rings. The monoisotopic (exact) mass is 223 g/mol. The minimum atomic E-state index is -2.70. The Labute approximate surface area is 89.3 Å². The molecule has 0 aromatic heterocycles. The summed E-state index contributed by atoms with van der Waals surface area (Å²) in [5.41, 5.74) is 0. The number of alkyl halides is 2. The van der Waals surface area contributed by atoms with Crippen molar-refractivity contribution < 1.29 is 18.3 Å². The maximum Gasteiger partial charge on any atom is 0.345 e. The molecule has 0 aromatic carbocycles. The van der Waals surface area contributed by atoms with Gasteiger partial charge in [0, 0.05) is 13.7 Å². The number of likely N-dealkylation sites (tertiary alicyclic amines) is 1. The van der Waals surface area contributed by atoms with Crippen LogP contribution in [0.25, 0.3) is 0 Å². The van der Waals surface area contributed by atoms with Crippen LogP contribution in [-0.2, 0) is 9.47 Å². The Morgan fingerprint density at radius 1 is 1.47 bits per heavy atom. The highest BCUT2D eigenvalue weighted by Crippen LogP contribution is 2.26. The minimum Gasteiger partial charge on any atom is -0.380 e. The van der Waals surface area contributed by atoms with E-state index in [0.29, 0.717) is 6.42 Å². The van der Waals surface area contributed by atoms with Gasteiger partial charge in [-0.3, -0.25) is 4.90 Å². The molecule has 0 spiro atoms. The second kappa shape index (κ2) is 5.72. The van der Waals surface area contributed by atoms with E-state index in [1.165, 1.54) is 0 Å². The van der Waals surface area contributed by atoms with E-state index in [1.807, 2.05) is 13.8 Å². The number of halogens is 2. The van der Waals surface area contributed by atoms with E-state index in [0.717, 1.165) is 13.1 Å². The first kappa shape index (κ1) is 12.8. The first-order valence-electron chi connectivity index (χ1n) is 5.30. The number of ether oxygens (including phenoxy) is 2. The van der Waals surface area contributed by atoms with Gasteiger partial charge < -0.3 is 9.47 Å². The van der Waals surface area contributed by atoms with E-state index in [4.69, 9.17) is 4.74 Å². The van der Waals surface area contributed by atoms with Crippen LogP contribution in [0.1, 0.15) is 20.3 Å². The molecule has 0 bridgehead atoms. The number of likely N-dealkylation sites (N-methyl/N-ethyl adjacent to an activating group) is 1. The lowest BCUT2D eigenvalue weighted by Crippen LogP contribution is -2.45. The van der Waals surface area contributed by atoms with Crippen molar-refractivity contribution in [3.63, 3.8) is 0 Å². The fourth-order valence-corrected chi connectivity index (χ4v) is 2.24. The molecule has 0 unspecified atom stereocenters. The SMILES string of the molecule is CCN1CC[C@H](OC(F)F)[C@H]1[C@H](C)OC. The maximum absolute atomic E-state index is 12.2. The highest BCUT2D eigenvalue weighted by atomic mass is 19.3. The summed E-state index contributed by atoms with van der Waals surface area (Å²) in [5.74, 6) is 0. The zero-order valence-corrected chi connectivity index (χ0v) is 9.45. The molecule has 1 rings (SSSR count). The van der Waals surface area contributed by atoms with Crippen molar-refractivity contribution in [2.75, 3.05) is 20.2 Å². The van der Waals surface area contributed by atoms with E-state index < -0.39 is 12.7 Å². The summed E-state index contributed by atoms with van der Waals surface area (Å²) in [6.45, 7) is 2.84. The lowest BCUT2D eigenvalue weighted by molar-refractivity contribution is -0.176. The quantitative estimate of drug-likeness (QED) is 0.708. The number of rotatable bonds is 5. The first-order chi connectivity index (χ1) is 7.10. The lowest BCUT2D eigenvalue weighted by Gasteiger charge is -2.31. The molecular formula is C10H19F2NO2. The predicted molar refractivity (Wildman–Crippen MR) is 53.0 cm³/mol. The van der Waals surface area contributed by atoms with Gasteiger partial charge in [0.05, 0.1) is 18.2 Å². The van der Waals surface area contributed by atoms with E-state index in [1.54, 1.807) is 7.11 Å². The number of hydrogen-bond acceptors (Lipinski definition) is 3. The van der Waals surface area contributed by atoms with Gasteiger partial charge in [-0.2, -0.15) is 8.78 Å². The maximum atomic E-state index is 12.2. The summed E-state index contributed by atoms with van der Waals surface area (Å²) in [6, 6.07) is -0.0611. The van der Waals surface area contributed by atoms with Gasteiger partial charge in [0.15, 0.2) is 0 Å². The molecule has 0 N–H and O–H groups in total. The van der Waals surface area contributed by atoms with E-state index >= 15 is 0 Å². The van der Waals surface area contributed by atoms with Crippen molar-refractivity contribution >= 4 is 0 Å². The van der Waals surface area contributed by atoms with Crippen LogP contribution in [-0.4, -0.2) is 50.0 Å². The van der Waals surface area contributed by atoms with Crippen molar-refractivity contribution in [1.82, 2.24) is 4.90 Å². The van der Waals surface area contributed by atoms with Crippen LogP contribution in [0.15, 0.2) is 0 Å². The highest BCUT2D eigenvalue weighted by Gasteiger charge is 2.39. The van der Waals surface area contributed by atoms with Crippen molar-refractivity contribution in [2.24, 2.45) is 0 Å². The van der Waals surface area contributed by atoms with E-state index in [2.05, 4.69) is 9.64 Å². The smallest absolute Gasteiger partial charge is 0.345 e. The zero-order chi connectivity index (χ0) is 11.4. The van der Waals surface area contributed by atoms with Crippen LogP contribution in [0.4, 0.5) is 8.78 Å². The highest BCUT2D eigenvalue weighted by molar-refractivity contribution is 4.91. The average molecular weight is 223 g/mol. The van der Waals surface area contributed by atoms with Gasteiger partial charge in [0.25, 0.3) is 0 Å². The average Bonchev–Trinajstić information content (AvgIpc) is 2.58. The zero-order valence-electron chi connectivity index (χ0n) is 9.45. The van der Waals surface area contributed by atoms with E-state index in [-0.39, 0.29) is 12.1 Å². The third-order valence-corrected chi connectivity index (χ3v) is 3.04. The third-order valence-electron chi connectivity index (χ3n) is 3.04. The van der Waals surface area contributed by atoms with Crippen molar-refractivity contribution in [1.29, 1.82) is 0 Å². The van der Waals surface area contributed by atoms with Crippen LogP contribution in [0, 0.1) is 0 Å². The summed E-state index contributed by atoms with van der Waals surface area (Å²) in [5, 5.41) is 0. The van der Waals surface area contributed by atoms with Gasteiger partial charge in [0.2, 0.25) is 0 Å². The van der Waals surface area contributed by atoms with Crippen molar-refractivity contribution in [3.8, 4) is 0 Å². The Balaban J connectivity index is 2.62. The molecule has 1 aliphatic heterocycles. The molecule has 1 fully saturated rings.